The predicted molar refractivity (Wildman–Crippen MR) is 69.9 cm³/mol. The van der Waals surface area contributed by atoms with Gasteiger partial charge < -0.3 is 15.0 Å². The molecule has 0 spiro atoms. The van der Waals surface area contributed by atoms with E-state index in [9.17, 15) is 14.4 Å². The number of anilines is 1. The third-order valence-electron chi connectivity index (χ3n) is 2.76. The van der Waals surface area contributed by atoms with Gasteiger partial charge in [0, 0.05) is 18.3 Å². The second-order valence-corrected chi connectivity index (χ2v) is 4.02. The van der Waals surface area contributed by atoms with Gasteiger partial charge in [0.1, 0.15) is 5.69 Å². The lowest BCUT2D eigenvalue weighted by molar-refractivity contribution is -0.107. The normalized spacial score (nSPS) is 10.1. The average molecular weight is 273 g/mol. The standard InChI is InChI=1S/C13H11N3O4/c1-16(7-17)9-4-2-8(3-5-9)12(18)10-11(13(19)20)15-6-14-10/h2-7H,1H3,(H,14,15)(H,19,20). The van der Waals surface area contributed by atoms with Gasteiger partial charge in [-0.1, -0.05) is 0 Å². The first-order valence-corrected chi connectivity index (χ1v) is 5.64. The van der Waals surface area contributed by atoms with Crippen molar-refractivity contribution < 1.29 is 19.5 Å². The van der Waals surface area contributed by atoms with Crippen molar-refractivity contribution in [2.24, 2.45) is 0 Å². The Morgan fingerprint density at radius 1 is 1.30 bits per heavy atom. The van der Waals surface area contributed by atoms with Gasteiger partial charge in [-0.2, -0.15) is 0 Å². The van der Waals surface area contributed by atoms with Crippen LogP contribution in [0.2, 0.25) is 0 Å². The van der Waals surface area contributed by atoms with Crippen molar-refractivity contribution in [3.05, 3.63) is 47.5 Å². The topological polar surface area (TPSA) is 103 Å². The van der Waals surface area contributed by atoms with Crippen molar-refractivity contribution in [2.45, 2.75) is 0 Å². The van der Waals surface area contributed by atoms with Crippen LogP contribution in [0.3, 0.4) is 0 Å². The number of H-pyrrole nitrogens is 1. The second kappa shape index (κ2) is 5.35. The maximum atomic E-state index is 12.2. The van der Waals surface area contributed by atoms with Crippen molar-refractivity contribution in [1.82, 2.24) is 9.97 Å². The number of ketones is 1. The summed E-state index contributed by atoms with van der Waals surface area (Å²) in [5.74, 6) is -1.74. The molecular weight excluding hydrogens is 262 g/mol. The fraction of sp³-hybridized carbons (Fsp3) is 0.0769. The molecule has 1 amide bonds. The number of amides is 1. The number of rotatable bonds is 5. The number of imidazole rings is 1. The first kappa shape index (κ1) is 13.5. The van der Waals surface area contributed by atoms with E-state index in [1.807, 2.05) is 0 Å². The molecule has 0 aliphatic heterocycles. The summed E-state index contributed by atoms with van der Waals surface area (Å²) in [6.07, 6.45) is 1.80. The van der Waals surface area contributed by atoms with Crippen LogP contribution < -0.4 is 4.90 Å². The number of hydrogen-bond acceptors (Lipinski definition) is 4. The van der Waals surface area contributed by atoms with Crippen molar-refractivity contribution in [3.8, 4) is 0 Å². The highest BCUT2D eigenvalue weighted by Gasteiger charge is 2.20. The summed E-state index contributed by atoms with van der Waals surface area (Å²) < 4.78 is 0. The summed E-state index contributed by atoms with van der Waals surface area (Å²) >= 11 is 0. The van der Waals surface area contributed by atoms with E-state index in [0.29, 0.717) is 17.7 Å². The number of nitrogens with zero attached hydrogens (tertiary/aromatic N) is 2. The van der Waals surface area contributed by atoms with Crippen molar-refractivity contribution in [2.75, 3.05) is 11.9 Å². The maximum Gasteiger partial charge on any atom is 0.354 e. The van der Waals surface area contributed by atoms with E-state index in [0.717, 1.165) is 6.33 Å². The van der Waals surface area contributed by atoms with Crippen molar-refractivity contribution >= 4 is 23.9 Å². The fourth-order valence-corrected chi connectivity index (χ4v) is 1.67. The van der Waals surface area contributed by atoms with Crippen LogP contribution in [0, 0.1) is 0 Å². The van der Waals surface area contributed by atoms with E-state index in [-0.39, 0.29) is 11.4 Å². The predicted octanol–water partition coefficient (Wildman–Crippen LogP) is 0.931. The Hall–Kier alpha value is -2.96. The highest BCUT2D eigenvalue weighted by atomic mass is 16.4. The minimum Gasteiger partial charge on any atom is -0.477 e. The summed E-state index contributed by atoms with van der Waals surface area (Å²) in [7, 11) is 1.58. The molecule has 0 saturated heterocycles. The van der Waals surface area contributed by atoms with Gasteiger partial charge in [-0.15, -0.1) is 0 Å². The van der Waals surface area contributed by atoms with Crippen LogP contribution in [0.15, 0.2) is 30.6 Å². The largest absolute Gasteiger partial charge is 0.477 e. The minimum atomic E-state index is -1.25. The Kier molecular flexibility index (Phi) is 3.60. The molecule has 0 saturated carbocycles. The molecule has 7 heteroatoms. The smallest absolute Gasteiger partial charge is 0.354 e. The molecule has 102 valence electrons. The molecule has 0 fully saturated rings. The van der Waals surface area contributed by atoms with Gasteiger partial charge in [-0.25, -0.2) is 9.78 Å². The van der Waals surface area contributed by atoms with Gasteiger partial charge >= 0.3 is 5.97 Å². The Balaban J connectivity index is 2.32. The molecule has 1 heterocycles. The Bertz CT molecular complexity index is 661. The number of carbonyl (C=O) groups excluding carboxylic acids is 2. The van der Waals surface area contributed by atoms with E-state index in [1.54, 1.807) is 19.2 Å². The summed E-state index contributed by atoms with van der Waals surface area (Å²) in [6.45, 7) is 0. The Morgan fingerprint density at radius 2 is 1.95 bits per heavy atom. The van der Waals surface area contributed by atoms with Crippen LogP contribution in [0.4, 0.5) is 5.69 Å². The molecule has 7 nitrogen and oxygen atoms in total. The number of aromatic carboxylic acids is 1. The molecule has 1 aromatic heterocycles. The molecule has 0 unspecified atom stereocenters. The first-order valence-electron chi connectivity index (χ1n) is 5.64. The zero-order valence-electron chi connectivity index (χ0n) is 10.5. The quantitative estimate of drug-likeness (QED) is 0.623. The Labute approximate surface area is 113 Å². The lowest BCUT2D eigenvalue weighted by Gasteiger charge is -2.10. The monoisotopic (exact) mass is 273 g/mol. The maximum absolute atomic E-state index is 12.2. The van der Waals surface area contributed by atoms with Crippen LogP contribution in [0.1, 0.15) is 26.5 Å². The lowest BCUT2D eigenvalue weighted by atomic mass is 10.1. The first-order chi connectivity index (χ1) is 9.54. The van der Waals surface area contributed by atoms with E-state index >= 15 is 0 Å². The molecule has 2 aromatic rings. The summed E-state index contributed by atoms with van der Waals surface area (Å²) in [4.78, 5) is 41.2. The number of carbonyl (C=O) groups is 3. The van der Waals surface area contributed by atoms with E-state index in [2.05, 4.69) is 9.97 Å². The van der Waals surface area contributed by atoms with Crippen molar-refractivity contribution in [1.29, 1.82) is 0 Å². The summed E-state index contributed by atoms with van der Waals surface area (Å²) in [6, 6.07) is 6.21. The Morgan fingerprint density at radius 3 is 2.50 bits per heavy atom. The summed E-state index contributed by atoms with van der Waals surface area (Å²) in [5.41, 5.74) is 0.526. The van der Waals surface area contributed by atoms with Gasteiger partial charge in [0.25, 0.3) is 0 Å². The molecule has 0 aliphatic carbocycles. The van der Waals surface area contributed by atoms with Crippen molar-refractivity contribution in [3.63, 3.8) is 0 Å². The van der Waals surface area contributed by atoms with Crippen LogP contribution in [0.25, 0.3) is 0 Å². The van der Waals surface area contributed by atoms with E-state index in [1.165, 1.54) is 17.0 Å². The SMILES string of the molecule is CN(C=O)c1ccc(C(=O)c2nc[nH]c2C(=O)O)cc1. The molecule has 2 N–H and O–H groups in total. The third kappa shape index (κ3) is 2.41. The highest BCUT2D eigenvalue weighted by Crippen LogP contribution is 2.16. The van der Waals surface area contributed by atoms with Gasteiger partial charge in [0.05, 0.1) is 6.33 Å². The molecule has 2 rings (SSSR count). The van der Waals surface area contributed by atoms with Gasteiger partial charge in [0.2, 0.25) is 12.2 Å². The summed E-state index contributed by atoms with van der Waals surface area (Å²) in [5, 5.41) is 8.93. The molecule has 0 atom stereocenters. The molecule has 1 aromatic carbocycles. The number of nitrogens with one attached hydrogen (secondary N) is 1. The number of carboxylic acids is 1. The minimum absolute atomic E-state index is 0.144. The highest BCUT2D eigenvalue weighted by molar-refractivity contribution is 6.12. The number of aromatic nitrogens is 2. The van der Waals surface area contributed by atoms with Gasteiger partial charge in [0.15, 0.2) is 5.69 Å². The van der Waals surface area contributed by atoms with Crippen LogP contribution >= 0.6 is 0 Å². The van der Waals surface area contributed by atoms with Gasteiger partial charge in [-0.05, 0) is 24.3 Å². The molecule has 0 bridgehead atoms. The van der Waals surface area contributed by atoms with Crippen LogP contribution in [-0.4, -0.2) is 40.3 Å². The van der Waals surface area contributed by atoms with Crippen LogP contribution in [-0.2, 0) is 4.79 Å². The average Bonchev–Trinajstić information content (AvgIpc) is 2.95. The van der Waals surface area contributed by atoms with E-state index in [4.69, 9.17) is 5.11 Å². The zero-order valence-corrected chi connectivity index (χ0v) is 10.5. The lowest BCUT2D eigenvalue weighted by Crippen LogP contribution is -2.14. The number of carboxylic acid groups (broad SMARTS) is 1. The number of benzene rings is 1. The van der Waals surface area contributed by atoms with Gasteiger partial charge in [-0.3, -0.25) is 9.59 Å². The molecule has 0 aliphatic rings. The van der Waals surface area contributed by atoms with E-state index < -0.39 is 11.8 Å². The number of hydrogen-bond donors (Lipinski definition) is 2. The molecule has 0 radical (unpaired) electrons. The third-order valence-corrected chi connectivity index (χ3v) is 2.76. The molecule has 20 heavy (non-hydrogen) atoms. The second-order valence-electron chi connectivity index (χ2n) is 4.02. The van der Waals surface area contributed by atoms with Crippen LogP contribution in [0.5, 0.6) is 0 Å². The number of aromatic amines is 1. The fourth-order valence-electron chi connectivity index (χ4n) is 1.67. The molecular formula is C13H11N3O4. The zero-order chi connectivity index (χ0) is 14.7.